The molecule has 1 atom stereocenters. The van der Waals surface area contributed by atoms with E-state index >= 15 is 0 Å². The molecule has 0 aromatic heterocycles. The lowest BCUT2D eigenvalue weighted by Gasteiger charge is -2.37. The van der Waals surface area contributed by atoms with Gasteiger partial charge in [-0.05, 0) is 37.7 Å². The maximum Gasteiger partial charge on any atom is 0.239 e. The lowest BCUT2D eigenvalue weighted by molar-refractivity contribution is -0.139. The van der Waals surface area contributed by atoms with Crippen LogP contribution in [0.5, 0.6) is 0 Å². The zero-order chi connectivity index (χ0) is 16.9. The zero-order valence-electron chi connectivity index (χ0n) is 14.4. The van der Waals surface area contributed by atoms with Crippen molar-refractivity contribution in [3.63, 3.8) is 0 Å². The van der Waals surface area contributed by atoms with E-state index in [4.69, 9.17) is 0 Å². The summed E-state index contributed by atoms with van der Waals surface area (Å²) in [5, 5.41) is 2.81. The van der Waals surface area contributed by atoms with Crippen molar-refractivity contribution in [2.24, 2.45) is 5.92 Å². The first kappa shape index (κ1) is 17.0. The van der Waals surface area contributed by atoms with E-state index in [1.165, 1.54) is 5.56 Å². The minimum Gasteiger partial charge on any atom is -0.354 e. The Morgan fingerprint density at radius 1 is 1.21 bits per heavy atom. The van der Waals surface area contributed by atoms with E-state index in [0.29, 0.717) is 19.0 Å². The molecule has 2 saturated heterocycles. The van der Waals surface area contributed by atoms with Gasteiger partial charge in [0.05, 0.1) is 12.6 Å². The third-order valence-electron chi connectivity index (χ3n) is 5.27. The van der Waals surface area contributed by atoms with E-state index in [2.05, 4.69) is 29.6 Å². The topological polar surface area (TPSA) is 52.7 Å². The van der Waals surface area contributed by atoms with Crippen molar-refractivity contribution in [1.29, 1.82) is 0 Å². The summed E-state index contributed by atoms with van der Waals surface area (Å²) in [6.45, 7) is 5.31. The van der Waals surface area contributed by atoms with Gasteiger partial charge in [-0.2, -0.15) is 0 Å². The minimum absolute atomic E-state index is 0.0162. The molecule has 2 heterocycles. The van der Waals surface area contributed by atoms with Crippen LogP contribution in [0.25, 0.3) is 0 Å². The predicted octanol–water partition coefficient (Wildman–Crippen LogP) is 1.29. The molecule has 1 N–H and O–H groups in total. The predicted molar refractivity (Wildman–Crippen MR) is 93.5 cm³/mol. The van der Waals surface area contributed by atoms with E-state index < -0.39 is 0 Å². The first-order valence-corrected chi connectivity index (χ1v) is 8.97. The van der Waals surface area contributed by atoms with E-state index in [1.54, 1.807) is 0 Å². The second-order valence-electron chi connectivity index (χ2n) is 6.95. The number of likely N-dealkylation sites (tertiary alicyclic amines) is 1. The molecule has 2 aliphatic heterocycles. The molecule has 2 fully saturated rings. The highest BCUT2D eigenvalue weighted by atomic mass is 16.2. The molecule has 1 aromatic rings. The fourth-order valence-electron chi connectivity index (χ4n) is 3.71. The fourth-order valence-corrected chi connectivity index (χ4v) is 3.71. The van der Waals surface area contributed by atoms with Gasteiger partial charge in [0.15, 0.2) is 0 Å². The van der Waals surface area contributed by atoms with Gasteiger partial charge in [0, 0.05) is 26.2 Å². The van der Waals surface area contributed by atoms with Crippen LogP contribution in [0.3, 0.4) is 0 Å². The number of piperidine rings is 1. The summed E-state index contributed by atoms with van der Waals surface area (Å²) >= 11 is 0. The van der Waals surface area contributed by atoms with Gasteiger partial charge in [-0.25, -0.2) is 0 Å². The molecule has 2 aliphatic rings. The van der Waals surface area contributed by atoms with Gasteiger partial charge in [-0.15, -0.1) is 0 Å². The third-order valence-corrected chi connectivity index (χ3v) is 5.27. The molecular weight excluding hydrogens is 302 g/mol. The summed E-state index contributed by atoms with van der Waals surface area (Å²) < 4.78 is 0. The van der Waals surface area contributed by atoms with Crippen molar-refractivity contribution in [2.75, 3.05) is 32.7 Å². The fraction of sp³-hybridized carbons (Fsp3) is 0.579. The Kier molecular flexibility index (Phi) is 5.51. The van der Waals surface area contributed by atoms with Crippen LogP contribution in [0.15, 0.2) is 30.3 Å². The van der Waals surface area contributed by atoms with Gasteiger partial charge >= 0.3 is 0 Å². The summed E-state index contributed by atoms with van der Waals surface area (Å²) in [6, 6.07) is 10.4. The average Bonchev–Trinajstić information content (AvgIpc) is 2.62. The summed E-state index contributed by atoms with van der Waals surface area (Å²) in [5.74, 6) is 0.845. The van der Waals surface area contributed by atoms with Gasteiger partial charge in [0.25, 0.3) is 0 Å². The maximum atomic E-state index is 12.7. The minimum atomic E-state index is -0.207. The molecule has 0 bridgehead atoms. The highest BCUT2D eigenvalue weighted by Gasteiger charge is 2.31. The zero-order valence-corrected chi connectivity index (χ0v) is 14.4. The molecular formula is C19H27N3O2. The molecule has 0 saturated carbocycles. The Hall–Kier alpha value is -1.88. The highest BCUT2D eigenvalue weighted by molar-refractivity contribution is 5.84. The Bertz CT molecular complexity index is 567. The Balaban J connectivity index is 1.48. The van der Waals surface area contributed by atoms with E-state index in [1.807, 2.05) is 22.8 Å². The number of amides is 2. The van der Waals surface area contributed by atoms with Gasteiger partial charge < -0.3 is 10.2 Å². The van der Waals surface area contributed by atoms with Gasteiger partial charge in [0.2, 0.25) is 11.8 Å². The van der Waals surface area contributed by atoms with Crippen LogP contribution in [0.2, 0.25) is 0 Å². The molecule has 0 radical (unpaired) electrons. The van der Waals surface area contributed by atoms with Crippen molar-refractivity contribution in [3.8, 4) is 0 Å². The number of piperazine rings is 1. The highest BCUT2D eigenvalue weighted by Crippen LogP contribution is 2.22. The molecule has 3 rings (SSSR count). The van der Waals surface area contributed by atoms with Crippen molar-refractivity contribution in [1.82, 2.24) is 15.1 Å². The van der Waals surface area contributed by atoms with Crippen LogP contribution in [0.1, 0.15) is 25.3 Å². The first-order chi connectivity index (χ1) is 11.6. The van der Waals surface area contributed by atoms with Crippen molar-refractivity contribution in [3.05, 3.63) is 35.9 Å². The van der Waals surface area contributed by atoms with Crippen LogP contribution in [-0.4, -0.2) is 60.4 Å². The van der Waals surface area contributed by atoms with Crippen molar-refractivity contribution in [2.45, 2.75) is 32.2 Å². The second kappa shape index (κ2) is 7.79. The molecule has 1 aromatic carbocycles. The smallest absolute Gasteiger partial charge is 0.239 e. The number of carbonyl (C=O) groups is 2. The van der Waals surface area contributed by atoms with Crippen LogP contribution < -0.4 is 5.32 Å². The largest absolute Gasteiger partial charge is 0.354 e. The Morgan fingerprint density at radius 2 is 1.92 bits per heavy atom. The van der Waals surface area contributed by atoms with Crippen LogP contribution >= 0.6 is 0 Å². The van der Waals surface area contributed by atoms with Gasteiger partial charge in [-0.1, -0.05) is 30.3 Å². The number of nitrogens with one attached hydrogen (secondary N) is 1. The number of benzene rings is 1. The summed E-state index contributed by atoms with van der Waals surface area (Å²) in [6.07, 6.45) is 3.23. The Morgan fingerprint density at radius 3 is 2.58 bits per heavy atom. The average molecular weight is 329 g/mol. The maximum absolute atomic E-state index is 12.7. The molecule has 2 amide bonds. The lowest BCUT2D eigenvalue weighted by atomic mass is 9.90. The molecule has 5 nitrogen and oxygen atoms in total. The molecule has 0 aliphatic carbocycles. The number of nitrogens with zero attached hydrogens (tertiary/aromatic N) is 2. The van der Waals surface area contributed by atoms with Gasteiger partial charge in [-0.3, -0.25) is 14.5 Å². The lowest BCUT2D eigenvalue weighted by Crippen LogP contribution is -2.56. The number of hydrogen-bond donors (Lipinski definition) is 1. The van der Waals surface area contributed by atoms with Gasteiger partial charge in [0.1, 0.15) is 0 Å². The molecule has 1 unspecified atom stereocenters. The van der Waals surface area contributed by atoms with E-state index in [-0.39, 0.29) is 17.9 Å². The first-order valence-electron chi connectivity index (χ1n) is 8.97. The van der Waals surface area contributed by atoms with E-state index in [9.17, 15) is 9.59 Å². The Labute approximate surface area is 144 Å². The number of carbonyl (C=O) groups excluding carboxylic acids is 2. The van der Waals surface area contributed by atoms with Crippen molar-refractivity contribution < 1.29 is 9.59 Å². The second-order valence-corrected chi connectivity index (χ2v) is 6.95. The van der Waals surface area contributed by atoms with Crippen LogP contribution in [0.4, 0.5) is 0 Å². The monoisotopic (exact) mass is 329 g/mol. The number of rotatable bonds is 4. The summed E-state index contributed by atoms with van der Waals surface area (Å²) in [7, 11) is 0. The third kappa shape index (κ3) is 4.15. The summed E-state index contributed by atoms with van der Waals surface area (Å²) in [4.78, 5) is 28.2. The quantitative estimate of drug-likeness (QED) is 0.906. The van der Waals surface area contributed by atoms with E-state index in [0.717, 1.165) is 38.9 Å². The SMILES string of the molecule is CC(C(=O)N1CCC(Cc2ccccc2)CC1)N1CCNC(=O)C1. The molecule has 130 valence electrons. The molecule has 0 spiro atoms. The normalized spacial score (nSPS) is 21.4. The van der Waals surface area contributed by atoms with Crippen LogP contribution in [-0.2, 0) is 16.0 Å². The van der Waals surface area contributed by atoms with Crippen molar-refractivity contribution >= 4 is 11.8 Å². The number of hydrogen-bond acceptors (Lipinski definition) is 3. The summed E-state index contributed by atoms with van der Waals surface area (Å²) in [5.41, 5.74) is 1.38. The van der Waals surface area contributed by atoms with Crippen LogP contribution in [0, 0.1) is 5.92 Å². The molecule has 5 heteroatoms. The molecule has 24 heavy (non-hydrogen) atoms. The standard InChI is InChI=1S/C19H27N3O2/c1-15(22-12-9-20-18(23)14-22)19(24)21-10-7-17(8-11-21)13-16-5-3-2-4-6-16/h2-6,15,17H,7-14H2,1H3,(H,20,23).